The van der Waals surface area contributed by atoms with Gasteiger partial charge in [-0.05, 0) is 113 Å². The Bertz CT molecular complexity index is 3590. The van der Waals surface area contributed by atoms with Crippen molar-refractivity contribution < 1.29 is 8.83 Å². The van der Waals surface area contributed by atoms with E-state index in [4.69, 9.17) is 8.83 Å². The number of furan rings is 2. The summed E-state index contributed by atoms with van der Waals surface area (Å²) >= 11 is 0. The lowest BCUT2D eigenvalue weighted by atomic mass is 9.85. The predicted octanol–water partition coefficient (Wildman–Crippen LogP) is 18.8. The van der Waals surface area contributed by atoms with Crippen molar-refractivity contribution in [3.8, 4) is 44.5 Å². The van der Waals surface area contributed by atoms with E-state index in [1.54, 1.807) is 0 Å². The second-order valence-electron chi connectivity index (χ2n) is 16.0. The maximum Gasteiger partial charge on any atom is 0.143 e. The molecule has 0 fully saturated rings. The van der Waals surface area contributed by atoms with Gasteiger partial charge >= 0.3 is 0 Å². The Morgan fingerprint density at radius 1 is 0.250 bits per heavy atom. The summed E-state index contributed by atoms with van der Waals surface area (Å²) < 4.78 is 12.8. The van der Waals surface area contributed by atoms with Gasteiger partial charge in [0.05, 0.1) is 0 Å². The highest BCUT2D eigenvalue weighted by atomic mass is 16.3. The van der Waals surface area contributed by atoms with E-state index < -0.39 is 0 Å². The van der Waals surface area contributed by atoms with Crippen LogP contribution in [-0.2, 0) is 0 Å². The van der Waals surface area contributed by atoms with E-state index in [1.165, 1.54) is 65.3 Å². The summed E-state index contributed by atoms with van der Waals surface area (Å²) in [6.07, 6.45) is 0. The fourth-order valence-electron chi connectivity index (χ4n) is 9.84. The summed E-state index contributed by atoms with van der Waals surface area (Å²) in [4.78, 5) is 0. The average molecular weight is 823 g/mol. The first-order valence-corrected chi connectivity index (χ1v) is 22.6. The topological polar surface area (TPSA) is 26.3 Å². The average Bonchev–Trinajstić information content (AvgIpc) is 3.95. The smallest absolute Gasteiger partial charge is 0.143 e. The van der Waals surface area contributed by atoms with Crippen LogP contribution in [0.3, 0.4) is 0 Å². The largest absolute Gasteiger partial charge is 0.455 e. The molecule has 0 aliphatic carbocycles. The van der Waals surface area contributed by atoms with E-state index in [1.807, 2.05) is 52.0 Å². The summed E-state index contributed by atoms with van der Waals surface area (Å²) in [5, 5.41) is 14.4. The van der Waals surface area contributed by atoms with Crippen LogP contribution in [0, 0.1) is 0 Å². The lowest BCUT2D eigenvalue weighted by Crippen LogP contribution is -1.91. The molecule has 0 aliphatic rings. The molecule has 0 N–H and O–H groups in total. The molecule has 0 bridgehead atoms. The molecule has 2 nitrogen and oxygen atoms in total. The second kappa shape index (κ2) is 16.1. The van der Waals surface area contributed by atoms with Gasteiger partial charge in [-0.2, -0.15) is 0 Å². The zero-order chi connectivity index (χ0) is 43.3. The van der Waals surface area contributed by atoms with Crippen molar-refractivity contribution in [2.75, 3.05) is 0 Å². The highest BCUT2D eigenvalue weighted by molar-refractivity contribution is 6.22. The molecule has 0 radical (unpaired) electrons. The van der Waals surface area contributed by atoms with Gasteiger partial charge in [0.1, 0.15) is 22.3 Å². The minimum Gasteiger partial charge on any atom is -0.455 e. The van der Waals surface area contributed by atoms with Gasteiger partial charge in [-0.15, -0.1) is 0 Å². The normalized spacial score (nSPS) is 11.4. The van der Waals surface area contributed by atoms with Crippen LogP contribution in [0.25, 0.3) is 131 Å². The number of fused-ring (bicyclic) bond motifs is 10. The minimum absolute atomic E-state index is 0.916. The van der Waals surface area contributed by atoms with E-state index in [2.05, 4.69) is 182 Å². The lowest BCUT2D eigenvalue weighted by Gasteiger charge is -2.18. The van der Waals surface area contributed by atoms with Crippen LogP contribution in [0.4, 0.5) is 0 Å². The predicted molar refractivity (Wildman–Crippen MR) is 275 cm³/mol. The van der Waals surface area contributed by atoms with Crippen molar-refractivity contribution >= 4 is 87.0 Å². The Hall–Kier alpha value is -7.94. The van der Waals surface area contributed by atoms with Crippen LogP contribution in [0.5, 0.6) is 0 Å². The molecular formula is C62H46O2. The molecule has 0 atom stereocenters. The van der Waals surface area contributed by atoms with Gasteiger partial charge in [-0.25, -0.2) is 0 Å². The third-order valence-electron chi connectivity index (χ3n) is 12.6. The van der Waals surface area contributed by atoms with Crippen molar-refractivity contribution in [2.45, 2.75) is 27.7 Å². The van der Waals surface area contributed by atoms with Crippen molar-refractivity contribution in [3.63, 3.8) is 0 Å². The van der Waals surface area contributed by atoms with Crippen LogP contribution in [0.1, 0.15) is 27.7 Å². The Labute approximate surface area is 372 Å². The zero-order valence-corrected chi connectivity index (χ0v) is 36.4. The zero-order valence-electron chi connectivity index (χ0n) is 36.4. The first-order chi connectivity index (χ1) is 31.7. The molecule has 0 unspecified atom stereocenters. The van der Waals surface area contributed by atoms with E-state index in [9.17, 15) is 0 Å². The summed E-state index contributed by atoms with van der Waals surface area (Å²) in [6, 6.07) is 74.7. The number of hydrogen-bond acceptors (Lipinski definition) is 2. The van der Waals surface area contributed by atoms with Gasteiger partial charge in [0, 0.05) is 32.7 Å². The first-order valence-electron chi connectivity index (χ1n) is 22.6. The third-order valence-corrected chi connectivity index (χ3v) is 12.6. The third kappa shape index (κ3) is 6.25. The van der Waals surface area contributed by atoms with Crippen molar-refractivity contribution in [1.29, 1.82) is 0 Å². The molecule has 0 aliphatic heterocycles. The number of para-hydroxylation sites is 4. The van der Waals surface area contributed by atoms with Gasteiger partial charge < -0.3 is 8.83 Å². The molecule has 2 aromatic heterocycles. The standard InChI is InChI=1S/C58H34O2.2C2H6/c1-2-14-48-47(13-1)55(41-29-25-35-31-39(27-23-37(35)33-41)43-17-9-19-51-45-11-5-7-21-53(45)59-57(43)51)49-15-3-4-16-50(49)56(48)42-30-26-36-32-40(28-24-38(36)34-42)44-18-10-20-52-46-12-6-8-22-54(46)60-58(44)52;2*1-2/h1-34H;2*1-2H3. The number of rotatable bonds is 4. The highest BCUT2D eigenvalue weighted by Gasteiger charge is 2.19. The number of hydrogen-bond donors (Lipinski definition) is 0. The molecule has 0 amide bonds. The Morgan fingerprint density at radius 2 is 0.547 bits per heavy atom. The summed E-state index contributed by atoms with van der Waals surface area (Å²) in [7, 11) is 0. The summed E-state index contributed by atoms with van der Waals surface area (Å²) in [6.45, 7) is 8.00. The first kappa shape index (κ1) is 38.9. The molecule has 2 heterocycles. The summed E-state index contributed by atoms with van der Waals surface area (Å²) in [5.74, 6) is 0. The molecular weight excluding hydrogens is 777 g/mol. The molecule has 11 aromatic carbocycles. The number of benzene rings is 11. The van der Waals surface area contributed by atoms with Gasteiger partial charge in [0.15, 0.2) is 0 Å². The van der Waals surface area contributed by atoms with Crippen LogP contribution in [-0.4, -0.2) is 0 Å². The fraction of sp³-hybridized carbons (Fsp3) is 0.0645. The van der Waals surface area contributed by atoms with Gasteiger partial charge in [0.2, 0.25) is 0 Å². The van der Waals surface area contributed by atoms with Gasteiger partial charge in [0.25, 0.3) is 0 Å². The van der Waals surface area contributed by atoms with Crippen LogP contribution >= 0.6 is 0 Å². The highest BCUT2D eigenvalue weighted by Crippen LogP contribution is 2.46. The Kier molecular flexibility index (Phi) is 9.78. The second-order valence-corrected chi connectivity index (χ2v) is 16.0. The molecule has 306 valence electrons. The van der Waals surface area contributed by atoms with Crippen molar-refractivity contribution in [2.24, 2.45) is 0 Å². The van der Waals surface area contributed by atoms with E-state index >= 15 is 0 Å². The maximum atomic E-state index is 6.41. The monoisotopic (exact) mass is 822 g/mol. The van der Waals surface area contributed by atoms with Crippen LogP contribution in [0.2, 0.25) is 0 Å². The Morgan fingerprint density at radius 3 is 0.922 bits per heavy atom. The molecule has 13 aromatic rings. The molecule has 0 spiro atoms. The maximum absolute atomic E-state index is 6.41. The SMILES string of the molecule is CC.CC.c1ccc2c(c1)oc1c(-c3ccc4cc(-c5c6ccccc6c(-c6ccc7cc(-c8cccc9c8oc8ccccc89)ccc7c6)c6ccccc56)ccc4c3)cccc12. The molecule has 13 rings (SSSR count). The molecule has 0 saturated heterocycles. The fourth-order valence-corrected chi connectivity index (χ4v) is 9.84. The minimum atomic E-state index is 0.916. The van der Waals surface area contributed by atoms with Crippen LogP contribution in [0.15, 0.2) is 215 Å². The van der Waals surface area contributed by atoms with E-state index in [-0.39, 0.29) is 0 Å². The lowest BCUT2D eigenvalue weighted by molar-refractivity contribution is 0.669. The van der Waals surface area contributed by atoms with Crippen molar-refractivity contribution in [3.05, 3.63) is 206 Å². The van der Waals surface area contributed by atoms with E-state index in [0.29, 0.717) is 0 Å². The van der Waals surface area contributed by atoms with Gasteiger partial charge in [-0.3, -0.25) is 0 Å². The van der Waals surface area contributed by atoms with E-state index in [0.717, 1.165) is 66.1 Å². The molecule has 2 heteroatoms. The quantitative estimate of drug-likeness (QED) is 0.165. The van der Waals surface area contributed by atoms with Gasteiger partial charge in [-0.1, -0.05) is 198 Å². The molecule has 0 saturated carbocycles. The van der Waals surface area contributed by atoms with Crippen molar-refractivity contribution in [1.82, 2.24) is 0 Å². The van der Waals surface area contributed by atoms with Crippen LogP contribution < -0.4 is 0 Å². The molecule has 64 heavy (non-hydrogen) atoms. The summed E-state index contributed by atoms with van der Waals surface area (Å²) in [5.41, 5.74) is 13.1. The Balaban J connectivity index is 0.00000111.